The van der Waals surface area contributed by atoms with Crippen LogP contribution in [0.5, 0.6) is 11.5 Å². The second-order valence-electron chi connectivity index (χ2n) is 6.20. The summed E-state index contributed by atoms with van der Waals surface area (Å²) in [6.45, 7) is 3.00. The minimum absolute atomic E-state index is 0.119. The predicted molar refractivity (Wildman–Crippen MR) is 101 cm³/mol. The number of hydrogen-bond acceptors (Lipinski definition) is 3. The van der Waals surface area contributed by atoms with Gasteiger partial charge in [-0.1, -0.05) is 41.4 Å². The first-order valence-electron chi connectivity index (χ1n) is 8.29. The Balaban J connectivity index is 1.83. The summed E-state index contributed by atoms with van der Waals surface area (Å²) >= 11 is 12.4. The second kappa shape index (κ2) is 8.09. The number of amides is 1. The van der Waals surface area contributed by atoms with Gasteiger partial charge in [0.2, 0.25) is 0 Å². The first-order chi connectivity index (χ1) is 12.0. The van der Waals surface area contributed by atoms with Gasteiger partial charge >= 0.3 is 0 Å². The zero-order valence-corrected chi connectivity index (χ0v) is 15.4. The smallest absolute Gasteiger partial charge is 0.256 e. The summed E-state index contributed by atoms with van der Waals surface area (Å²) < 4.78 is 5.86. The molecule has 132 valence electrons. The molecule has 25 heavy (non-hydrogen) atoms. The topological polar surface area (TPSA) is 50.4 Å². The van der Waals surface area contributed by atoms with E-state index in [1.807, 2.05) is 12.1 Å². The van der Waals surface area contributed by atoms with Crippen molar-refractivity contribution in [2.75, 3.05) is 6.54 Å². The molecule has 0 bridgehead atoms. The summed E-state index contributed by atoms with van der Waals surface area (Å²) in [4.78, 5) is 12.8. The number of piperidine rings is 1. The van der Waals surface area contributed by atoms with Crippen LogP contribution < -0.4 is 15.4 Å². The highest BCUT2D eigenvalue weighted by atomic mass is 35.5. The highest BCUT2D eigenvalue weighted by molar-refractivity contribution is 6.34. The van der Waals surface area contributed by atoms with Crippen LogP contribution in [0, 0.1) is 0 Å². The van der Waals surface area contributed by atoms with Gasteiger partial charge in [0.25, 0.3) is 5.91 Å². The molecule has 2 aromatic carbocycles. The third kappa shape index (κ3) is 4.46. The van der Waals surface area contributed by atoms with Crippen molar-refractivity contribution in [3.8, 4) is 11.5 Å². The van der Waals surface area contributed by atoms with Gasteiger partial charge in [0.1, 0.15) is 17.1 Å². The summed E-state index contributed by atoms with van der Waals surface area (Å²) in [5, 5.41) is 7.26. The minimum atomic E-state index is -0.230. The van der Waals surface area contributed by atoms with Gasteiger partial charge in [0, 0.05) is 12.1 Å². The van der Waals surface area contributed by atoms with Crippen LogP contribution in [-0.4, -0.2) is 24.5 Å². The van der Waals surface area contributed by atoms with Crippen molar-refractivity contribution in [3.05, 3.63) is 58.1 Å². The first kappa shape index (κ1) is 18.1. The van der Waals surface area contributed by atoms with Gasteiger partial charge in [-0.2, -0.15) is 0 Å². The zero-order valence-electron chi connectivity index (χ0n) is 13.9. The number of para-hydroxylation sites is 1. The monoisotopic (exact) mass is 378 g/mol. The molecule has 2 aromatic rings. The molecule has 4 nitrogen and oxygen atoms in total. The molecule has 1 heterocycles. The van der Waals surface area contributed by atoms with Crippen LogP contribution in [0.4, 0.5) is 0 Å². The Morgan fingerprint density at radius 1 is 1.12 bits per heavy atom. The van der Waals surface area contributed by atoms with Gasteiger partial charge < -0.3 is 15.4 Å². The molecule has 2 N–H and O–H groups in total. The van der Waals surface area contributed by atoms with Gasteiger partial charge in [-0.3, -0.25) is 4.79 Å². The van der Waals surface area contributed by atoms with Crippen molar-refractivity contribution in [2.45, 2.75) is 31.8 Å². The largest absolute Gasteiger partial charge is 0.455 e. The lowest BCUT2D eigenvalue weighted by atomic mass is 10.00. The molecule has 0 aliphatic carbocycles. The van der Waals surface area contributed by atoms with Crippen LogP contribution in [0.15, 0.2) is 42.5 Å². The molecule has 1 saturated heterocycles. The van der Waals surface area contributed by atoms with Crippen molar-refractivity contribution in [1.29, 1.82) is 0 Å². The molecule has 3 rings (SSSR count). The highest BCUT2D eigenvalue weighted by Gasteiger charge is 2.24. The average molecular weight is 379 g/mol. The van der Waals surface area contributed by atoms with E-state index in [0.717, 1.165) is 19.4 Å². The summed E-state index contributed by atoms with van der Waals surface area (Å²) in [6, 6.07) is 12.8. The molecule has 1 aliphatic rings. The molecule has 2 atom stereocenters. The van der Waals surface area contributed by atoms with Gasteiger partial charge in [-0.15, -0.1) is 0 Å². The lowest BCUT2D eigenvalue weighted by Crippen LogP contribution is -2.46. The van der Waals surface area contributed by atoms with Crippen molar-refractivity contribution in [2.24, 2.45) is 0 Å². The maximum atomic E-state index is 12.8. The third-order valence-electron chi connectivity index (χ3n) is 4.22. The SMILES string of the molecule is CC1CC(NC(=O)c2c(Cl)cccc2Oc2ccccc2Cl)CCN1. The van der Waals surface area contributed by atoms with Crippen LogP contribution in [0.2, 0.25) is 10.0 Å². The van der Waals surface area contributed by atoms with Gasteiger partial charge in [0.05, 0.1) is 10.0 Å². The maximum absolute atomic E-state index is 12.8. The first-order valence-corrected chi connectivity index (χ1v) is 9.05. The van der Waals surface area contributed by atoms with Gasteiger partial charge in [-0.05, 0) is 50.6 Å². The number of carbonyl (C=O) groups excluding carboxylic acids is 1. The van der Waals surface area contributed by atoms with Crippen molar-refractivity contribution in [3.63, 3.8) is 0 Å². The Kier molecular flexibility index (Phi) is 5.84. The van der Waals surface area contributed by atoms with Crippen LogP contribution in [0.1, 0.15) is 30.1 Å². The van der Waals surface area contributed by atoms with Crippen LogP contribution in [0.25, 0.3) is 0 Å². The van der Waals surface area contributed by atoms with E-state index in [-0.39, 0.29) is 11.9 Å². The van der Waals surface area contributed by atoms with Crippen LogP contribution in [-0.2, 0) is 0 Å². The van der Waals surface area contributed by atoms with E-state index in [9.17, 15) is 4.79 Å². The number of nitrogens with one attached hydrogen (secondary N) is 2. The summed E-state index contributed by atoms with van der Waals surface area (Å²) in [7, 11) is 0. The predicted octanol–water partition coefficient (Wildman–Crippen LogP) is 4.66. The third-order valence-corrected chi connectivity index (χ3v) is 4.85. The Hall–Kier alpha value is -1.75. The van der Waals surface area contributed by atoms with E-state index in [4.69, 9.17) is 27.9 Å². The molecule has 0 saturated carbocycles. The molecule has 0 radical (unpaired) electrons. The lowest BCUT2D eigenvalue weighted by Gasteiger charge is -2.29. The number of hydrogen-bond donors (Lipinski definition) is 2. The quantitative estimate of drug-likeness (QED) is 0.813. The fourth-order valence-electron chi connectivity index (χ4n) is 2.98. The molecule has 1 amide bonds. The highest BCUT2D eigenvalue weighted by Crippen LogP contribution is 2.34. The number of ether oxygens (including phenoxy) is 1. The molecule has 1 fully saturated rings. The normalized spacial score (nSPS) is 20.1. The van der Waals surface area contributed by atoms with Crippen molar-refractivity contribution < 1.29 is 9.53 Å². The Bertz CT molecular complexity index is 767. The van der Waals surface area contributed by atoms with E-state index in [1.165, 1.54) is 0 Å². The van der Waals surface area contributed by atoms with Gasteiger partial charge in [0.15, 0.2) is 0 Å². The van der Waals surface area contributed by atoms with Crippen LogP contribution >= 0.6 is 23.2 Å². The zero-order chi connectivity index (χ0) is 17.8. The van der Waals surface area contributed by atoms with Crippen LogP contribution in [0.3, 0.4) is 0 Å². The maximum Gasteiger partial charge on any atom is 0.256 e. The fourth-order valence-corrected chi connectivity index (χ4v) is 3.40. The number of carbonyl (C=O) groups is 1. The van der Waals surface area contributed by atoms with E-state index in [0.29, 0.717) is 33.1 Å². The Morgan fingerprint density at radius 3 is 2.60 bits per heavy atom. The molecule has 6 heteroatoms. The molecular formula is C19H20Cl2N2O2. The van der Waals surface area contributed by atoms with E-state index in [1.54, 1.807) is 30.3 Å². The average Bonchev–Trinajstić information content (AvgIpc) is 2.57. The molecular weight excluding hydrogens is 359 g/mol. The molecule has 1 aliphatic heterocycles. The van der Waals surface area contributed by atoms with E-state index < -0.39 is 0 Å². The standard InChI is InChI=1S/C19H20Cl2N2O2/c1-12-11-13(9-10-22-12)23-19(24)18-15(21)6-4-8-17(18)25-16-7-3-2-5-14(16)20/h2-8,12-13,22H,9-11H2,1H3,(H,23,24). The molecule has 0 spiro atoms. The number of rotatable bonds is 4. The van der Waals surface area contributed by atoms with E-state index in [2.05, 4.69) is 17.6 Å². The molecule has 2 unspecified atom stereocenters. The van der Waals surface area contributed by atoms with Crippen molar-refractivity contribution in [1.82, 2.24) is 10.6 Å². The summed E-state index contributed by atoms with van der Waals surface area (Å²) in [5.41, 5.74) is 0.329. The Morgan fingerprint density at radius 2 is 1.84 bits per heavy atom. The fraction of sp³-hybridized carbons (Fsp3) is 0.316. The lowest BCUT2D eigenvalue weighted by molar-refractivity contribution is 0.0923. The Labute approximate surface area is 157 Å². The van der Waals surface area contributed by atoms with Gasteiger partial charge in [-0.25, -0.2) is 0 Å². The molecule has 0 aromatic heterocycles. The van der Waals surface area contributed by atoms with Crippen molar-refractivity contribution >= 4 is 29.1 Å². The second-order valence-corrected chi connectivity index (χ2v) is 7.01. The summed E-state index contributed by atoms with van der Waals surface area (Å²) in [5.74, 6) is 0.641. The summed E-state index contributed by atoms with van der Waals surface area (Å²) in [6.07, 6.45) is 1.78. The number of halogens is 2. The van der Waals surface area contributed by atoms with E-state index >= 15 is 0 Å². The number of benzene rings is 2. The minimum Gasteiger partial charge on any atom is -0.455 e.